The Morgan fingerprint density at radius 1 is 1.39 bits per heavy atom. The number of aryl methyl sites for hydroxylation is 1. The van der Waals surface area contributed by atoms with Gasteiger partial charge < -0.3 is 10.1 Å². The van der Waals surface area contributed by atoms with E-state index in [1.54, 1.807) is 0 Å². The number of benzene rings is 1. The van der Waals surface area contributed by atoms with Gasteiger partial charge in [-0.2, -0.15) is 5.10 Å². The lowest BCUT2D eigenvalue weighted by molar-refractivity contribution is 0.326. The van der Waals surface area contributed by atoms with Crippen LogP contribution in [0.4, 0.5) is 0 Å². The number of nitrogens with zero attached hydrogens (tertiary/aromatic N) is 2. The highest BCUT2D eigenvalue weighted by Gasteiger charge is 2.22. The Labute approximate surface area is 107 Å². The Kier molecular flexibility index (Phi) is 3.02. The molecule has 2 aromatic rings. The van der Waals surface area contributed by atoms with E-state index in [0.29, 0.717) is 5.92 Å². The molecule has 1 N–H and O–H groups in total. The average molecular weight is 243 g/mol. The predicted octanol–water partition coefficient (Wildman–Crippen LogP) is 1.69. The van der Waals surface area contributed by atoms with Gasteiger partial charge in [-0.05, 0) is 12.1 Å². The summed E-state index contributed by atoms with van der Waals surface area (Å²) in [5, 5.41) is 7.63. The van der Waals surface area contributed by atoms with Crippen molar-refractivity contribution in [1.29, 1.82) is 0 Å². The number of hydrogen-bond donors (Lipinski definition) is 1. The van der Waals surface area contributed by atoms with Crippen LogP contribution in [0.25, 0.3) is 0 Å². The molecule has 4 heteroatoms. The molecule has 0 bridgehead atoms. The van der Waals surface area contributed by atoms with Crippen molar-refractivity contribution in [2.75, 3.05) is 13.2 Å². The SMILES string of the molecule is Cn1nccc1CNCC1COc2ccccc21. The van der Waals surface area contributed by atoms with Gasteiger partial charge in [-0.3, -0.25) is 4.68 Å². The van der Waals surface area contributed by atoms with Gasteiger partial charge in [0.25, 0.3) is 0 Å². The molecule has 4 nitrogen and oxygen atoms in total. The molecule has 0 fully saturated rings. The minimum Gasteiger partial charge on any atom is -0.493 e. The van der Waals surface area contributed by atoms with Crippen LogP contribution in [0.2, 0.25) is 0 Å². The zero-order chi connectivity index (χ0) is 12.4. The first-order chi connectivity index (χ1) is 8.84. The molecule has 0 amide bonds. The van der Waals surface area contributed by atoms with Gasteiger partial charge in [0.15, 0.2) is 0 Å². The number of para-hydroxylation sites is 1. The van der Waals surface area contributed by atoms with E-state index in [1.807, 2.05) is 36.1 Å². The maximum absolute atomic E-state index is 5.66. The topological polar surface area (TPSA) is 39.1 Å². The summed E-state index contributed by atoms with van der Waals surface area (Å²) in [5.41, 5.74) is 2.51. The van der Waals surface area contributed by atoms with E-state index >= 15 is 0 Å². The lowest BCUT2D eigenvalue weighted by atomic mass is 10.0. The molecule has 1 aliphatic rings. The van der Waals surface area contributed by atoms with Crippen LogP contribution in [0.15, 0.2) is 36.5 Å². The number of ether oxygens (including phenoxy) is 1. The van der Waals surface area contributed by atoms with Gasteiger partial charge in [0.2, 0.25) is 0 Å². The fourth-order valence-electron chi connectivity index (χ4n) is 2.35. The molecule has 0 saturated carbocycles. The van der Waals surface area contributed by atoms with E-state index in [-0.39, 0.29) is 0 Å². The van der Waals surface area contributed by atoms with Gasteiger partial charge in [0.1, 0.15) is 5.75 Å². The van der Waals surface area contributed by atoms with Crippen molar-refractivity contribution in [2.24, 2.45) is 7.05 Å². The van der Waals surface area contributed by atoms with Gasteiger partial charge in [0, 0.05) is 37.8 Å². The zero-order valence-electron chi connectivity index (χ0n) is 10.5. The second-order valence-electron chi connectivity index (χ2n) is 4.62. The second-order valence-corrected chi connectivity index (χ2v) is 4.62. The fraction of sp³-hybridized carbons (Fsp3) is 0.357. The largest absolute Gasteiger partial charge is 0.493 e. The molecule has 18 heavy (non-hydrogen) atoms. The molecule has 3 rings (SSSR count). The Hall–Kier alpha value is -1.81. The molecule has 0 saturated heterocycles. The van der Waals surface area contributed by atoms with Crippen molar-refractivity contribution in [1.82, 2.24) is 15.1 Å². The summed E-state index contributed by atoms with van der Waals surface area (Å²) in [4.78, 5) is 0. The minimum atomic E-state index is 0.453. The van der Waals surface area contributed by atoms with Crippen molar-refractivity contribution in [3.8, 4) is 5.75 Å². The molecular formula is C14H17N3O. The van der Waals surface area contributed by atoms with Crippen LogP contribution >= 0.6 is 0 Å². The summed E-state index contributed by atoms with van der Waals surface area (Å²) in [6.07, 6.45) is 1.82. The number of fused-ring (bicyclic) bond motifs is 1. The molecular weight excluding hydrogens is 226 g/mol. The number of rotatable bonds is 4. The lowest BCUT2D eigenvalue weighted by Gasteiger charge is -2.10. The highest BCUT2D eigenvalue weighted by atomic mass is 16.5. The third kappa shape index (κ3) is 2.11. The van der Waals surface area contributed by atoms with Crippen molar-refractivity contribution in [3.63, 3.8) is 0 Å². The quantitative estimate of drug-likeness (QED) is 0.888. The van der Waals surface area contributed by atoms with E-state index in [1.165, 1.54) is 11.3 Å². The van der Waals surface area contributed by atoms with Gasteiger partial charge >= 0.3 is 0 Å². The Morgan fingerprint density at radius 2 is 2.28 bits per heavy atom. The Balaban J connectivity index is 1.58. The van der Waals surface area contributed by atoms with E-state index < -0.39 is 0 Å². The highest BCUT2D eigenvalue weighted by molar-refractivity contribution is 5.39. The number of hydrogen-bond acceptors (Lipinski definition) is 3. The van der Waals surface area contributed by atoms with Crippen molar-refractivity contribution in [2.45, 2.75) is 12.5 Å². The summed E-state index contributed by atoms with van der Waals surface area (Å²) in [7, 11) is 1.96. The van der Waals surface area contributed by atoms with E-state index in [0.717, 1.165) is 25.4 Å². The molecule has 2 heterocycles. The molecule has 1 unspecified atom stereocenters. The van der Waals surface area contributed by atoms with Crippen LogP contribution in [0.1, 0.15) is 17.2 Å². The van der Waals surface area contributed by atoms with E-state index in [2.05, 4.69) is 22.5 Å². The normalized spacial score (nSPS) is 17.5. The van der Waals surface area contributed by atoms with Crippen molar-refractivity contribution >= 4 is 0 Å². The van der Waals surface area contributed by atoms with Gasteiger partial charge in [-0.1, -0.05) is 18.2 Å². The third-order valence-corrected chi connectivity index (χ3v) is 3.42. The van der Waals surface area contributed by atoms with Crippen LogP contribution in [-0.2, 0) is 13.6 Å². The Morgan fingerprint density at radius 3 is 3.11 bits per heavy atom. The highest BCUT2D eigenvalue weighted by Crippen LogP contribution is 2.32. The maximum Gasteiger partial charge on any atom is 0.122 e. The van der Waals surface area contributed by atoms with Crippen molar-refractivity contribution in [3.05, 3.63) is 47.8 Å². The van der Waals surface area contributed by atoms with Gasteiger partial charge in [-0.15, -0.1) is 0 Å². The van der Waals surface area contributed by atoms with Gasteiger partial charge in [-0.25, -0.2) is 0 Å². The molecule has 0 radical (unpaired) electrons. The fourth-order valence-corrected chi connectivity index (χ4v) is 2.35. The number of nitrogens with one attached hydrogen (secondary N) is 1. The average Bonchev–Trinajstić information content (AvgIpc) is 2.97. The third-order valence-electron chi connectivity index (χ3n) is 3.42. The standard InChI is InChI=1S/C14H17N3O/c1-17-12(6-7-16-17)9-15-8-11-10-18-14-5-3-2-4-13(11)14/h2-7,11,15H,8-10H2,1H3. The van der Waals surface area contributed by atoms with Crippen LogP contribution in [-0.4, -0.2) is 22.9 Å². The lowest BCUT2D eigenvalue weighted by Crippen LogP contribution is -2.23. The summed E-state index contributed by atoms with van der Waals surface area (Å²) >= 11 is 0. The molecule has 1 aromatic heterocycles. The maximum atomic E-state index is 5.66. The molecule has 1 aliphatic heterocycles. The smallest absolute Gasteiger partial charge is 0.122 e. The summed E-state index contributed by atoms with van der Waals surface area (Å²) in [6.45, 7) is 2.55. The van der Waals surface area contributed by atoms with Crippen LogP contribution < -0.4 is 10.1 Å². The van der Waals surface area contributed by atoms with Crippen molar-refractivity contribution < 1.29 is 4.74 Å². The molecule has 1 atom stereocenters. The van der Waals surface area contributed by atoms with Crippen LogP contribution in [0, 0.1) is 0 Å². The van der Waals surface area contributed by atoms with E-state index in [9.17, 15) is 0 Å². The minimum absolute atomic E-state index is 0.453. The zero-order valence-corrected chi connectivity index (χ0v) is 10.5. The summed E-state index contributed by atoms with van der Waals surface area (Å²) < 4.78 is 7.56. The molecule has 0 spiro atoms. The van der Waals surface area contributed by atoms with Crippen LogP contribution in [0.5, 0.6) is 5.75 Å². The first kappa shape index (κ1) is 11.3. The first-order valence-corrected chi connectivity index (χ1v) is 6.24. The predicted molar refractivity (Wildman–Crippen MR) is 69.6 cm³/mol. The number of aromatic nitrogens is 2. The molecule has 1 aromatic carbocycles. The Bertz CT molecular complexity index is 535. The summed E-state index contributed by atoms with van der Waals surface area (Å²) in [6, 6.07) is 10.3. The van der Waals surface area contributed by atoms with Crippen LogP contribution in [0.3, 0.4) is 0 Å². The second kappa shape index (κ2) is 4.82. The van der Waals surface area contributed by atoms with E-state index in [4.69, 9.17) is 4.74 Å². The monoisotopic (exact) mass is 243 g/mol. The first-order valence-electron chi connectivity index (χ1n) is 6.24. The summed E-state index contributed by atoms with van der Waals surface area (Å²) in [5.74, 6) is 1.49. The molecule has 0 aliphatic carbocycles. The van der Waals surface area contributed by atoms with Gasteiger partial charge in [0.05, 0.1) is 12.3 Å². The molecule has 94 valence electrons.